The third kappa shape index (κ3) is 4.21. The van der Waals surface area contributed by atoms with Gasteiger partial charge >= 0.3 is 0 Å². The van der Waals surface area contributed by atoms with E-state index in [1.165, 1.54) is 0 Å². The van der Waals surface area contributed by atoms with Crippen molar-refractivity contribution in [1.82, 2.24) is 19.7 Å². The number of halogens is 1. The third-order valence-electron chi connectivity index (χ3n) is 4.64. The molecule has 0 saturated carbocycles. The van der Waals surface area contributed by atoms with E-state index in [-0.39, 0.29) is 23.6 Å². The Kier molecular flexibility index (Phi) is 5.94. The van der Waals surface area contributed by atoms with Gasteiger partial charge in [-0.15, -0.1) is 0 Å². The number of methoxy groups -OCH3 is 1. The van der Waals surface area contributed by atoms with Gasteiger partial charge in [0.2, 0.25) is 5.91 Å². The lowest BCUT2D eigenvalue weighted by molar-refractivity contribution is -0.129. The number of pyridine rings is 1. The van der Waals surface area contributed by atoms with E-state index in [0.29, 0.717) is 37.0 Å². The summed E-state index contributed by atoms with van der Waals surface area (Å²) in [5.74, 6) is 0.694. The SMILES string of the molecule is COCCN1C(=O)C[C@@H](CNc2ccc(Cl)c(C#N)n2)[C@@H]1c1cnn(C)c1. The van der Waals surface area contributed by atoms with Crippen LogP contribution in [0.25, 0.3) is 0 Å². The Morgan fingerprint density at radius 2 is 2.30 bits per heavy atom. The number of nitrogens with zero attached hydrogens (tertiary/aromatic N) is 5. The van der Waals surface area contributed by atoms with Crippen LogP contribution in [0.5, 0.6) is 0 Å². The van der Waals surface area contributed by atoms with E-state index in [0.717, 1.165) is 5.56 Å². The van der Waals surface area contributed by atoms with Crippen LogP contribution in [0.15, 0.2) is 24.5 Å². The molecule has 2 aromatic heterocycles. The van der Waals surface area contributed by atoms with E-state index in [1.807, 2.05) is 24.2 Å². The van der Waals surface area contributed by atoms with E-state index < -0.39 is 0 Å². The first-order valence-corrected chi connectivity index (χ1v) is 8.98. The van der Waals surface area contributed by atoms with Crippen LogP contribution in [-0.4, -0.2) is 52.4 Å². The van der Waals surface area contributed by atoms with Crippen molar-refractivity contribution in [2.45, 2.75) is 12.5 Å². The average molecular weight is 389 g/mol. The van der Waals surface area contributed by atoms with Gasteiger partial charge in [-0.25, -0.2) is 4.98 Å². The molecular weight excluding hydrogens is 368 g/mol. The minimum atomic E-state index is -0.0865. The Hall–Kier alpha value is -2.63. The third-order valence-corrected chi connectivity index (χ3v) is 4.94. The number of aryl methyl sites for hydroxylation is 1. The summed E-state index contributed by atoms with van der Waals surface area (Å²) in [5.41, 5.74) is 1.17. The van der Waals surface area contributed by atoms with Crippen LogP contribution in [0.2, 0.25) is 5.02 Å². The maximum absolute atomic E-state index is 12.6. The Labute approximate surface area is 162 Å². The maximum atomic E-state index is 12.6. The Balaban J connectivity index is 1.78. The molecule has 0 radical (unpaired) electrons. The second-order valence-corrected chi connectivity index (χ2v) is 6.86. The highest BCUT2D eigenvalue weighted by Gasteiger charge is 2.40. The predicted octanol–water partition coefficient (Wildman–Crippen LogP) is 1.99. The quantitative estimate of drug-likeness (QED) is 0.779. The van der Waals surface area contributed by atoms with Gasteiger partial charge in [-0.1, -0.05) is 11.6 Å². The number of nitriles is 1. The fraction of sp³-hybridized carbons (Fsp3) is 0.444. The van der Waals surface area contributed by atoms with Gasteiger partial charge in [0, 0.05) is 51.3 Å². The van der Waals surface area contributed by atoms with Crippen LogP contribution in [0.3, 0.4) is 0 Å². The number of rotatable bonds is 7. The Morgan fingerprint density at radius 1 is 1.48 bits per heavy atom. The lowest BCUT2D eigenvalue weighted by Gasteiger charge is -2.27. The molecule has 1 amide bonds. The number of aromatic nitrogens is 3. The first-order chi connectivity index (χ1) is 13.0. The number of likely N-dealkylation sites (tertiary alicyclic amines) is 1. The Morgan fingerprint density at radius 3 is 2.96 bits per heavy atom. The molecule has 3 rings (SSSR count). The zero-order chi connectivity index (χ0) is 19.4. The number of nitrogens with one attached hydrogen (secondary N) is 1. The first-order valence-electron chi connectivity index (χ1n) is 8.61. The normalized spacial score (nSPS) is 19.3. The fourth-order valence-electron chi connectivity index (χ4n) is 3.40. The lowest BCUT2D eigenvalue weighted by Crippen LogP contribution is -2.33. The second-order valence-electron chi connectivity index (χ2n) is 6.46. The number of ether oxygens (including phenoxy) is 1. The molecule has 8 nitrogen and oxygen atoms in total. The summed E-state index contributed by atoms with van der Waals surface area (Å²) >= 11 is 5.93. The van der Waals surface area contributed by atoms with Crippen molar-refractivity contribution < 1.29 is 9.53 Å². The molecule has 1 aliphatic rings. The molecule has 9 heteroatoms. The molecule has 142 valence electrons. The number of hydrogen-bond donors (Lipinski definition) is 1. The molecule has 2 atom stereocenters. The zero-order valence-electron chi connectivity index (χ0n) is 15.2. The van der Waals surface area contributed by atoms with Gasteiger partial charge in [-0.05, 0) is 12.1 Å². The number of carbonyl (C=O) groups is 1. The molecule has 2 aromatic rings. The van der Waals surface area contributed by atoms with Gasteiger partial charge in [0.05, 0.1) is 23.9 Å². The van der Waals surface area contributed by atoms with Gasteiger partial charge in [-0.2, -0.15) is 10.4 Å². The molecule has 1 N–H and O–H groups in total. The van der Waals surface area contributed by atoms with Crippen LogP contribution in [-0.2, 0) is 16.6 Å². The fourth-order valence-corrected chi connectivity index (χ4v) is 3.55. The highest BCUT2D eigenvalue weighted by molar-refractivity contribution is 6.31. The summed E-state index contributed by atoms with van der Waals surface area (Å²) in [6.07, 6.45) is 4.16. The molecule has 27 heavy (non-hydrogen) atoms. The number of hydrogen-bond acceptors (Lipinski definition) is 6. The number of amides is 1. The molecular formula is C18H21ClN6O2. The van der Waals surface area contributed by atoms with Gasteiger partial charge in [-0.3, -0.25) is 9.48 Å². The highest BCUT2D eigenvalue weighted by Crippen LogP contribution is 2.37. The molecule has 3 heterocycles. The van der Waals surface area contributed by atoms with Crippen molar-refractivity contribution in [2.24, 2.45) is 13.0 Å². The minimum absolute atomic E-state index is 0.0431. The van der Waals surface area contributed by atoms with Crippen LogP contribution in [0.4, 0.5) is 5.82 Å². The van der Waals surface area contributed by atoms with Crippen LogP contribution >= 0.6 is 11.6 Å². The van der Waals surface area contributed by atoms with Crippen LogP contribution in [0, 0.1) is 17.2 Å². The minimum Gasteiger partial charge on any atom is -0.383 e. The van der Waals surface area contributed by atoms with Gasteiger partial charge in [0.15, 0.2) is 5.69 Å². The van der Waals surface area contributed by atoms with Crippen LogP contribution < -0.4 is 5.32 Å². The van der Waals surface area contributed by atoms with Crippen molar-refractivity contribution in [1.29, 1.82) is 5.26 Å². The number of carbonyl (C=O) groups excluding carboxylic acids is 1. The van der Waals surface area contributed by atoms with Gasteiger partial charge in [0.25, 0.3) is 0 Å². The molecule has 0 aliphatic carbocycles. The molecule has 0 aromatic carbocycles. The van der Waals surface area contributed by atoms with Crippen LogP contribution in [0.1, 0.15) is 23.7 Å². The van der Waals surface area contributed by atoms with E-state index in [4.69, 9.17) is 21.6 Å². The monoisotopic (exact) mass is 388 g/mol. The summed E-state index contributed by atoms with van der Waals surface area (Å²) < 4.78 is 6.89. The van der Waals surface area contributed by atoms with Crippen molar-refractivity contribution in [3.05, 3.63) is 40.8 Å². The topological polar surface area (TPSA) is 96.1 Å². The first kappa shape index (κ1) is 19.1. The summed E-state index contributed by atoms with van der Waals surface area (Å²) in [7, 11) is 3.48. The summed E-state index contributed by atoms with van der Waals surface area (Å²) in [6, 6.07) is 5.24. The standard InChI is InChI=1S/C18H21ClN6O2/c1-24-11-13(10-22-24)18-12(7-17(26)25(18)5-6-27-2)9-21-16-4-3-14(19)15(8-20)23-16/h3-4,10-12,18H,5-7,9H2,1-2H3,(H,21,23)/t12-,18+/m0/s1. The average Bonchev–Trinajstić information content (AvgIpc) is 3.21. The smallest absolute Gasteiger partial charge is 0.223 e. The maximum Gasteiger partial charge on any atom is 0.223 e. The summed E-state index contributed by atoms with van der Waals surface area (Å²) in [5, 5.41) is 16.9. The van der Waals surface area contributed by atoms with E-state index in [2.05, 4.69) is 15.4 Å². The van der Waals surface area contributed by atoms with Crippen molar-refractivity contribution in [3.63, 3.8) is 0 Å². The lowest BCUT2D eigenvalue weighted by atomic mass is 9.95. The van der Waals surface area contributed by atoms with E-state index >= 15 is 0 Å². The zero-order valence-corrected chi connectivity index (χ0v) is 16.0. The van der Waals surface area contributed by atoms with Crippen molar-refractivity contribution >= 4 is 23.3 Å². The number of anilines is 1. The highest BCUT2D eigenvalue weighted by atomic mass is 35.5. The largest absolute Gasteiger partial charge is 0.383 e. The molecule has 0 bridgehead atoms. The van der Waals surface area contributed by atoms with E-state index in [9.17, 15) is 4.79 Å². The van der Waals surface area contributed by atoms with Gasteiger partial charge in [0.1, 0.15) is 11.9 Å². The molecule has 0 unspecified atom stereocenters. The van der Waals surface area contributed by atoms with Crippen molar-refractivity contribution in [2.75, 3.05) is 32.1 Å². The second kappa shape index (κ2) is 8.37. The Bertz CT molecular complexity index is 862. The molecule has 1 saturated heterocycles. The van der Waals surface area contributed by atoms with Crippen molar-refractivity contribution in [3.8, 4) is 6.07 Å². The summed E-state index contributed by atoms with van der Waals surface area (Å²) in [4.78, 5) is 18.6. The van der Waals surface area contributed by atoms with Gasteiger partial charge < -0.3 is 15.0 Å². The molecule has 1 fully saturated rings. The molecule has 1 aliphatic heterocycles. The predicted molar refractivity (Wildman–Crippen MR) is 100 cm³/mol. The summed E-state index contributed by atoms with van der Waals surface area (Å²) in [6.45, 7) is 1.55. The van der Waals surface area contributed by atoms with E-state index in [1.54, 1.807) is 30.1 Å². The molecule has 0 spiro atoms.